The van der Waals surface area contributed by atoms with E-state index in [9.17, 15) is 4.79 Å². The summed E-state index contributed by atoms with van der Waals surface area (Å²) in [4.78, 5) is 21.0. The van der Waals surface area contributed by atoms with Crippen LogP contribution in [0.3, 0.4) is 0 Å². The number of benzene rings is 1. The van der Waals surface area contributed by atoms with Crippen LogP contribution < -0.4 is 5.32 Å². The van der Waals surface area contributed by atoms with Crippen molar-refractivity contribution >= 4 is 46.2 Å². The molecule has 0 aliphatic carbocycles. The molecule has 0 bridgehead atoms. The topological polar surface area (TPSA) is 54.4 Å². The lowest BCUT2D eigenvalue weighted by Gasteiger charge is -1.98. The minimum Gasteiger partial charge on any atom is -0.300 e. The average molecular weight is 316 g/mol. The van der Waals surface area contributed by atoms with E-state index in [0.29, 0.717) is 20.8 Å². The van der Waals surface area contributed by atoms with E-state index >= 15 is 0 Å². The first kappa shape index (κ1) is 13.9. The number of hydrogen-bond acceptors (Lipinski definition) is 4. The van der Waals surface area contributed by atoms with Crippen LogP contribution in [-0.4, -0.2) is 16.1 Å². The van der Waals surface area contributed by atoms with E-state index in [1.54, 1.807) is 24.4 Å². The standard InChI is InChI=1S/C15H10ClN3OS/c16-11-6-1-2-7-12(11)18-15-19-14(20)13(21-15)9-10-5-3-4-8-17-10/h1-9H,(H,18,19,20)/b13-9+. The van der Waals surface area contributed by atoms with Crippen molar-refractivity contribution in [2.75, 3.05) is 0 Å². The van der Waals surface area contributed by atoms with Gasteiger partial charge in [0, 0.05) is 6.20 Å². The van der Waals surface area contributed by atoms with E-state index < -0.39 is 0 Å². The fourth-order valence-electron chi connectivity index (χ4n) is 1.73. The average Bonchev–Trinajstić information content (AvgIpc) is 2.82. The summed E-state index contributed by atoms with van der Waals surface area (Å²) in [5, 5.41) is 3.77. The highest BCUT2D eigenvalue weighted by molar-refractivity contribution is 8.18. The fraction of sp³-hybridized carbons (Fsp3) is 0. The van der Waals surface area contributed by atoms with Crippen LogP contribution in [0.15, 0.2) is 58.6 Å². The van der Waals surface area contributed by atoms with Crippen LogP contribution in [0.4, 0.5) is 5.69 Å². The zero-order valence-corrected chi connectivity index (χ0v) is 12.4. The largest absolute Gasteiger partial charge is 0.300 e. The monoisotopic (exact) mass is 315 g/mol. The quantitative estimate of drug-likeness (QED) is 0.861. The van der Waals surface area contributed by atoms with Gasteiger partial charge in [0.2, 0.25) is 0 Å². The zero-order chi connectivity index (χ0) is 14.7. The maximum absolute atomic E-state index is 11.9. The van der Waals surface area contributed by atoms with Crippen LogP contribution in [0.5, 0.6) is 0 Å². The predicted octanol–water partition coefficient (Wildman–Crippen LogP) is 3.63. The lowest BCUT2D eigenvalue weighted by Crippen LogP contribution is -2.19. The molecule has 4 nitrogen and oxygen atoms in total. The number of aromatic nitrogens is 1. The normalized spacial score (nSPS) is 18.2. The third-order valence-electron chi connectivity index (χ3n) is 2.69. The highest BCUT2D eigenvalue weighted by Crippen LogP contribution is 2.30. The Labute approximate surface area is 131 Å². The molecule has 2 heterocycles. The summed E-state index contributed by atoms with van der Waals surface area (Å²) in [5.74, 6) is -0.184. The highest BCUT2D eigenvalue weighted by Gasteiger charge is 2.24. The summed E-state index contributed by atoms with van der Waals surface area (Å²) >= 11 is 7.32. The summed E-state index contributed by atoms with van der Waals surface area (Å²) in [7, 11) is 0. The molecule has 1 aliphatic heterocycles. The number of thioether (sulfide) groups is 1. The van der Waals surface area contributed by atoms with Crippen molar-refractivity contribution in [3.63, 3.8) is 0 Å². The van der Waals surface area contributed by atoms with Crippen LogP contribution >= 0.6 is 23.4 Å². The first-order chi connectivity index (χ1) is 10.2. The number of hydrogen-bond donors (Lipinski definition) is 1. The van der Waals surface area contributed by atoms with Gasteiger partial charge in [0.15, 0.2) is 5.17 Å². The van der Waals surface area contributed by atoms with Crippen LogP contribution in [-0.2, 0) is 4.79 Å². The maximum Gasteiger partial charge on any atom is 0.264 e. The van der Waals surface area contributed by atoms with Crippen molar-refractivity contribution in [3.05, 3.63) is 64.3 Å². The van der Waals surface area contributed by atoms with Gasteiger partial charge in [-0.3, -0.25) is 9.78 Å². The van der Waals surface area contributed by atoms with Crippen molar-refractivity contribution in [3.8, 4) is 0 Å². The van der Waals surface area contributed by atoms with E-state index in [4.69, 9.17) is 11.6 Å². The Bertz CT molecular complexity index is 744. The lowest BCUT2D eigenvalue weighted by atomic mass is 10.3. The first-order valence-electron chi connectivity index (χ1n) is 6.17. The first-order valence-corrected chi connectivity index (χ1v) is 7.37. The molecule has 3 rings (SSSR count). The Kier molecular flexibility index (Phi) is 4.03. The van der Waals surface area contributed by atoms with Crippen molar-refractivity contribution in [1.29, 1.82) is 0 Å². The SMILES string of the molecule is O=C1NC(=Nc2ccccc2Cl)S/C1=C/c1ccccn1. The van der Waals surface area contributed by atoms with E-state index in [0.717, 1.165) is 5.69 Å². The van der Waals surface area contributed by atoms with Gasteiger partial charge in [-0.15, -0.1) is 0 Å². The Hall–Kier alpha value is -2.11. The lowest BCUT2D eigenvalue weighted by molar-refractivity contribution is -0.115. The number of rotatable bonds is 2. The van der Waals surface area contributed by atoms with Gasteiger partial charge >= 0.3 is 0 Å². The molecule has 0 unspecified atom stereocenters. The van der Waals surface area contributed by atoms with Crippen molar-refractivity contribution < 1.29 is 4.79 Å². The number of halogens is 1. The van der Waals surface area contributed by atoms with E-state index in [-0.39, 0.29) is 5.91 Å². The van der Waals surface area contributed by atoms with Crippen molar-refractivity contribution in [2.45, 2.75) is 0 Å². The summed E-state index contributed by atoms with van der Waals surface area (Å²) in [6, 6.07) is 12.8. The third kappa shape index (κ3) is 3.32. The van der Waals surface area contributed by atoms with Gasteiger partial charge in [0.25, 0.3) is 5.91 Å². The summed E-state index contributed by atoms with van der Waals surface area (Å²) in [6.45, 7) is 0. The molecule has 0 spiro atoms. The number of aliphatic imine (C=N–C) groups is 1. The number of carbonyl (C=O) groups is 1. The number of pyridine rings is 1. The van der Waals surface area contributed by atoms with Crippen LogP contribution in [0.2, 0.25) is 5.02 Å². The van der Waals surface area contributed by atoms with Crippen LogP contribution in [0, 0.1) is 0 Å². The Balaban J connectivity index is 1.85. The number of amidine groups is 1. The molecule has 1 aromatic heterocycles. The molecule has 0 saturated carbocycles. The summed E-state index contributed by atoms with van der Waals surface area (Å²) < 4.78 is 0. The van der Waals surface area contributed by atoms with Crippen LogP contribution in [0.25, 0.3) is 6.08 Å². The summed E-state index contributed by atoms with van der Waals surface area (Å²) in [5.41, 5.74) is 1.36. The van der Waals surface area contributed by atoms with Crippen LogP contribution in [0.1, 0.15) is 5.69 Å². The molecule has 104 valence electrons. The van der Waals surface area contributed by atoms with Gasteiger partial charge in [-0.05, 0) is 42.1 Å². The molecule has 1 amide bonds. The molecule has 1 aliphatic rings. The third-order valence-corrected chi connectivity index (χ3v) is 3.92. The molecule has 2 aromatic rings. The number of carbonyl (C=O) groups excluding carboxylic acids is 1. The molecule has 1 N–H and O–H groups in total. The molecule has 1 fully saturated rings. The molecular formula is C15H10ClN3OS. The maximum atomic E-state index is 11.9. The van der Waals surface area contributed by atoms with Gasteiger partial charge in [0.05, 0.1) is 21.3 Å². The van der Waals surface area contributed by atoms with Crippen molar-refractivity contribution in [2.24, 2.45) is 4.99 Å². The molecule has 0 radical (unpaired) electrons. The number of nitrogens with one attached hydrogen (secondary N) is 1. The second kappa shape index (κ2) is 6.11. The molecule has 6 heteroatoms. The number of nitrogens with zero attached hydrogens (tertiary/aromatic N) is 2. The zero-order valence-electron chi connectivity index (χ0n) is 10.8. The number of para-hydroxylation sites is 1. The molecule has 0 atom stereocenters. The Morgan fingerprint density at radius 3 is 2.76 bits per heavy atom. The second-order valence-corrected chi connectivity index (χ2v) is 5.63. The van der Waals surface area contributed by atoms with Gasteiger partial charge in [-0.1, -0.05) is 29.8 Å². The van der Waals surface area contributed by atoms with Gasteiger partial charge in [0.1, 0.15) is 0 Å². The minimum absolute atomic E-state index is 0.184. The minimum atomic E-state index is -0.184. The second-order valence-electron chi connectivity index (χ2n) is 4.19. The summed E-state index contributed by atoms with van der Waals surface area (Å²) in [6.07, 6.45) is 3.41. The van der Waals surface area contributed by atoms with Gasteiger partial charge < -0.3 is 5.32 Å². The smallest absolute Gasteiger partial charge is 0.264 e. The number of amides is 1. The fourth-order valence-corrected chi connectivity index (χ4v) is 2.73. The predicted molar refractivity (Wildman–Crippen MR) is 86.5 cm³/mol. The van der Waals surface area contributed by atoms with Gasteiger partial charge in [-0.25, -0.2) is 4.99 Å². The van der Waals surface area contributed by atoms with Gasteiger partial charge in [-0.2, -0.15) is 0 Å². The highest BCUT2D eigenvalue weighted by atomic mass is 35.5. The van der Waals surface area contributed by atoms with E-state index in [2.05, 4.69) is 15.3 Å². The van der Waals surface area contributed by atoms with Crippen molar-refractivity contribution in [1.82, 2.24) is 10.3 Å². The molecule has 21 heavy (non-hydrogen) atoms. The molecule has 1 aromatic carbocycles. The van der Waals surface area contributed by atoms with E-state index in [1.165, 1.54) is 11.8 Å². The molecule has 1 saturated heterocycles. The Morgan fingerprint density at radius 2 is 2.00 bits per heavy atom. The Morgan fingerprint density at radius 1 is 1.19 bits per heavy atom. The van der Waals surface area contributed by atoms with E-state index in [1.807, 2.05) is 30.3 Å². The molecular weight excluding hydrogens is 306 g/mol.